The van der Waals surface area contributed by atoms with Gasteiger partial charge in [0.25, 0.3) is 0 Å². The second-order valence-corrected chi connectivity index (χ2v) is 5.09. The topological polar surface area (TPSA) is 57.2 Å². The first kappa shape index (κ1) is 17.1. The predicted molar refractivity (Wildman–Crippen MR) is 87.7 cm³/mol. The molecule has 0 aromatic heterocycles. The molecular formula is C18H22O5. The molecule has 1 aliphatic carbocycles. The molecule has 0 saturated heterocycles. The van der Waals surface area contributed by atoms with E-state index in [2.05, 4.69) is 0 Å². The van der Waals surface area contributed by atoms with Gasteiger partial charge in [-0.25, -0.2) is 0 Å². The number of methoxy groups -OCH3 is 4. The third kappa shape index (κ3) is 3.75. The fourth-order valence-electron chi connectivity index (χ4n) is 2.44. The van der Waals surface area contributed by atoms with Gasteiger partial charge in [-0.2, -0.15) is 0 Å². The van der Waals surface area contributed by atoms with Gasteiger partial charge in [0.1, 0.15) is 5.75 Å². The molecule has 0 radical (unpaired) electrons. The SMILES string of the molecule is COC1=C(OC)C(O)(OC)CC(/C=C\c2ccc(OC)cc2)=C1. The Kier molecular flexibility index (Phi) is 5.47. The van der Waals surface area contributed by atoms with Crippen LogP contribution >= 0.6 is 0 Å². The number of hydrogen-bond donors (Lipinski definition) is 1. The van der Waals surface area contributed by atoms with Gasteiger partial charge in [-0.3, -0.25) is 0 Å². The summed E-state index contributed by atoms with van der Waals surface area (Å²) in [7, 11) is 6.07. The van der Waals surface area contributed by atoms with E-state index >= 15 is 0 Å². The average Bonchev–Trinajstić information content (AvgIpc) is 2.59. The van der Waals surface area contributed by atoms with Crippen LogP contribution in [-0.2, 0) is 14.2 Å². The summed E-state index contributed by atoms with van der Waals surface area (Å²) >= 11 is 0. The van der Waals surface area contributed by atoms with Crippen LogP contribution in [0.3, 0.4) is 0 Å². The first-order chi connectivity index (χ1) is 11.1. The Morgan fingerprint density at radius 1 is 0.957 bits per heavy atom. The molecule has 124 valence electrons. The minimum atomic E-state index is -1.53. The van der Waals surface area contributed by atoms with Gasteiger partial charge in [-0.15, -0.1) is 0 Å². The van der Waals surface area contributed by atoms with Crippen molar-refractivity contribution in [2.24, 2.45) is 0 Å². The summed E-state index contributed by atoms with van der Waals surface area (Å²) in [6.07, 6.45) is 5.96. The van der Waals surface area contributed by atoms with E-state index < -0.39 is 5.79 Å². The molecule has 1 aromatic rings. The molecule has 1 unspecified atom stereocenters. The van der Waals surface area contributed by atoms with Crippen molar-refractivity contribution in [1.82, 2.24) is 0 Å². The van der Waals surface area contributed by atoms with Crippen molar-refractivity contribution in [2.75, 3.05) is 28.4 Å². The predicted octanol–water partition coefficient (Wildman–Crippen LogP) is 2.88. The zero-order valence-electron chi connectivity index (χ0n) is 13.8. The third-order valence-electron chi connectivity index (χ3n) is 3.71. The summed E-state index contributed by atoms with van der Waals surface area (Å²) in [5.74, 6) is -0.0160. The van der Waals surface area contributed by atoms with Gasteiger partial charge in [0, 0.05) is 13.5 Å². The third-order valence-corrected chi connectivity index (χ3v) is 3.71. The van der Waals surface area contributed by atoms with Crippen LogP contribution in [0, 0.1) is 0 Å². The summed E-state index contributed by atoms with van der Waals surface area (Å²) in [4.78, 5) is 0. The molecule has 1 atom stereocenters. The largest absolute Gasteiger partial charge is 0.497 e. The number of aliphatic hydroxyl groups is 1. The Morgan fingerprint density at radius 3 is 2.17 bits per heavy atom. The maximum atomic E-state index is 10.6. The molecule has 5 nitrogen and oxygen atoms in total. The average molecular weight is 318 g/mol. The Morgan fingerprint density at radius 2 is 1.65 bits per heavy atom. The summed E-state index contributed by atoms with van der Waals surface area (Å²) in [6.45, 7) is 0. The van der Waals surface area contributed by atoms with Gasteiger partial charge in [-0.05, 0) is 29.3 Å². The van der Waals surface area contributed by atoms with Crippen LogP contribution < -0.4 is 4.74 Å². The highest BCUT2D eigenvalue weighted by atomic mass is 16.6. The Labute approximate surface area is 136 Å². The Bertz CT molecular complexity index is 627. The lowest BCUT2D eigenvalue weighted by atomic mass is 9.95. The quantitative estimate of drug-likeness (QED) is 0.817. The molecule has 1 aliphatic rings. The van der Waals surface area contributed by atoms with Crippen LogP contribution in [0.1, 0.15) is 12.0 Å². The monoisotopic (exact) mass is 318 g/mol. The minimum Gasteiger partial charge on any atom is -0.497 e. The van der Waals surface area contributed by atoms with Crippen LogP contribution in [0.25, 0.3) is 6.08 Å². The van der Waals surface area contributed by atoms with Crippen molar-refractivity contribution >= 4 is 6.08 Å². The summed E-state index contributed by atoms with van der Waals surface area (Å²) in [6, 6.07) is 7.69. The molecule has 2 rings (SSSR count). The van der Waals surface area contributed by atoms with E-state index in [1.807, 2.05) is 42.5 Å². The van der Waals surface area contributed by atoms with E-state index in [4.69, 9.17) is 18.9 Å². The second-order valence-electron chi connectivity index (χ2n) is 5.09. The summed E-state index contributed by atoms with van der Waals surface area (Å²) in [5.41, 5.74) is 1.89. The van der Waals surface area contributed by atoms with E-state index in [-0.39, 0.29) is 12.2 Å². The van der Waals surface area contributed by atoms with Crippen molar-refractivity contribution in [3.05, 3.63) is 59.1 Å². The second kappa shape index (κ2) is 7.35. The van der Waals surface area contributed by atoms with Gasteiger partial charge in [0.05, 0.1) is 21.3 Å². The molecule has 0 saturated carbocycles. The summed E-state index contributed by atoms with van der Waals surface area (Å²) < 4.78 is 20.9. The lowest BCUT2D eigenvalue weighted by Gasteiger charge is -2.32. The van der Waals surface area contributed by atoms with Gasteiger partial charge in [0.2, 0.25) is 5.79 Å². The minimum absolute atomic E-state index is 0.268. The van der Waals surface area contributed by atoms with Crippen molar-refractivity contribution in [2.45, 2.75) is 12.2 Å². The Hall–Kier alpha value is -2.24. The zero-order valence-corrected chi connectivity index (χ0v) is 13.8. The number of hydrogen-bond acceptors (Lipinski definition) is 5. The van der Waals surface area contributed by atoms with Gasteiger partial charge in [0.15, 0.2) is 11.5 Å². The molecule has 5 heteroatoms. The van der Waals surface area contributed by atoms with Crippen LogP contribution in [0.4, 0.5) is 0 Å². The zero-order chi connectivity index (χ0) is 16.9. The molecule has 0 amide bonds. The molecule has 0 spiro atoms. The summed E-state index contributed by atoms with van der Waals surface area (Å²) in [5, 5.41) is 10.6. The Balaban J connectivity index is 2.26. The number of rotatable bonds is 6. The maximum Gasteiger partial charge on any atom is 0.233 e. The van der Waals surface area contributed by atoms with Crippen LogP contribution in [-0.4, -0.2) is 39.3 Å². The fraction of sp³-hybridized carbons (Fsp3) is 0.333. The smallest absolute Gasteiger partial charge is 0.233 e. The van der Waals surface area contributed by atoms with Gasteiger partial charge >= 0.3 is 0 Å². The molecular weight excluding hydrogens is 296 g/mol. The van der Waals surface area contributed by atoms with E-state index in [0.29, 0.717) is 5.76 Å². The number of ether oxygens (including phenoxy) is 4. The van der Waals surface area contributed by atoms with E-state index in [1.54, 1.807) is 7.11 Å². The van der Waals surface area contributed by atoms with E-state index in [1.165, 1.54) is 21.3 Å². The van der Waals surface area contributed by atoms with Gasteiger partial charge < -0.3 is 24.1 Å². The molecule has 0 fully saturated rings. The van der Waals surface area contributed by atoms with Gasteiger partial charge in [-0.1, -0.05) is 24.3 Å². The highest BCUT2D eigenvalue weighted by molar-refractivity contribution is 5.55. The highest BCUT2D eigenvalue weighted by Crippen LogP contribution is 2.35. The molecule has 0 bridgehead atoms. The van der Waals surface area contributed by atoms with Crippen molar-refractivity contribution < 1.29 is 24.1 Å². The first-order valence-electron chi connectivity index (χ1n) is 7.19. The lowest BCUT2D eigenvalue weighted by Crippen LogP contribution is -2.37. The standard InChI is InChI=1S/C18H22O5/c1-20-15-9-7-13(8-10-15)5-6-14-11-16(21-2)17(22-3)18(19,12-14)23-4/h5-11,19H,12H2,1-4H3/b6-5-. The molecule has 1 N–H and O–H groups in total. The molecule has 1 aromatic carbocycles. The van der Waals surface area contributed by atoms with Crippen molar-refractivity contribution in [1.29, 1.82) is 0 Å². The van der Waals surface area contributed by atoms with Crippen LogP contribution in [0.15, 0.2) is 53.5 Å². The normalized spacial score (nSPS) is 21.3. The first-order valence-corrected chi connectivity index (χ1v) is 7.19. The number of benzene rings is 1. The molecule has 0 aliphatic heterocycles. The maximum absolute atomic E-state index is 10.6. The van der Waals surface area contributed by atoms with Crippen molar-refractivity contribution in [3.8, 4) is 5.75 Å². The van der Waals surface area contributed by atoms with Crippen molar-refractivity contribution in [3.63, 3.8) is 0 Å². The van der Waals surface area contributed by atoms with Crippen LogP contribution in [0.2, 0.25) is 0 Å². The molecule has 23 heavy (non-hydrogen) atoms. The van der Waals surface area contributed by atoms with E-state index in [0.717, 1.165) is 16.9 Å². The fourth-order valence-corrected chi connectivity index (χ4v) is 2.44. The lowest BCUT2D eigenvalue weighted by molar-refractivity contribution is -0.182. The van der Waals surface area contributed by atoms with Crippen LogP contribution in [0.5, 0.6) is 5.75 Å². The van der Waals surface area contributed by atoms with E-state index in [9.17, 15) is 5.11 Å². The molecule has 0 heterocycles. The highest BCUT2D eigenvalue weighted by Gasteiger charge is 2.39. The number of allylic oxidation sites excluding steroid dienone is 2.